The van der Waals surface area contributed by atoms with Crippen molar-refractivity contribution in [3.05, 3.63) is 16.3 Å². The summed E-state index contributed by atoms with van der Waals surface area (Å²) in [6.07, 6.45) is 2.66. The maximum Gasteiger partial charge on any atom is 0.410 e. The van der Waals surface area contributed by atoms with Crippen molar-refractivity contribution in [1.29, 1.82) is 0 Å². The van der Waals surface area contributed by atoms with Crippen LogP contribution in [-0.2, 0) is 20.4 Å². The molecule has 1 aromatic rings. The Hall–Kier alpha value is -1.68. The Labute approximate surface area is 112 Å². The van der Waals surface area contributed by atoms with Gasteiger partial charge in [0.05, 0.1) is 11.3 Å². The zero-order chi connectivity index (χ0) is 14.2. The fourth-order valence-corrected chi connectivity index (χ4v) is 2.33. The number of nitrogens with one attached hydrogen (secondary N) is 1. The lowest BCUT2D eigenvalue weighted by molar-refractivity contribution is -0.392. The van der Waals surface area contributed by atoms with Gasteiger partial charge in [-0.15, -0.1) is 0 Å². The molecule has 0 bridgehead atoms. The number of amides is 1. The molecule has 1 amide bonds. The molecule has 11 heteroatoms. The highest BCUT2D eigenvalue weighted by atomic mass is 35.7. The lowest BCUT2D eigenvalue weighted by Crippen LogP contribution is -2.29. The number of nitrogens with zero attached hydrogens (tertiary/aromatic N) is 3. The maximum absolute atomic E-state index is 11.5. The first-order valence-corrected chi connectivity index (χ1v) is 7.54. The number of hydrogen-bond donors (Lipinski definition) is 1. The summed E-state index contributed by atoms with van der Waals surface area (Å²) in [4.78, 5) is 20.4. The van der Waals surface area contributed by atoms with Crippen molar-refractivity contribution in [2.45, 2.75) is 30.3 Å². The molecule has 1 aliphatic rings. The van der Waals surface area contributed by atoms with Crippen molar-refractivity contribution in [1.82, 2.24) is 15.1 Å². The predicted octanol–water partition coefficient (Wildman–Crippen LogP) is -0.00260. The number of nitro groups is 1. The lowest BCUT2D eigenvalue weighted by Gasteiger charge is -1.99. The average molecular weight is 309 g/mol. The summed E-state index contributed by atoms with van der Waals surface area (Å²) in [6.45, 7) is -0.302. The second-order valence-corrected chi connectivity index (χ2v) is 6.59. The summed E-state index contributed by atoms with van der Waals surface area (Å²) in [5.41, 5.74) is 0. The van der Waals surface area contributed by atoms with Gasteiger partial charge < -0.3 is 15.4 Å². The Balaban J connectivity index is 2.22. The van der Waals surface area contributed by atoms with Crippen LogP contribution in [-0.4, -0.2) is 35.1 Å². The minimum absolute atomic E-state index is 0.134. The zero-order valence-corrected chi connectivity index (χ0v) is 11.0. The first kappa shape index (κ1) is 13.7. The minimum Gasteiger partial charge on any atom is -0.358 e. The molecule has 2 rings (SSSR count). The predicted molar refractivity (Wildman–Crippen MR) is 63.1 cm³/mol. The van der Waals surface area contributed by atoms with Gasteiger partial charge in [0.1, 0.15) is 6.54 Å². The van der Waals surface area contributed by atoms with Gasteiger partial charge in [-0.1, -0.05) is 0 Å². The van der Waals surface area contributed by atoms with Crippen LogP contribution >= 0.6 is 10.7 Å². The minimum atomic E-state index is -4.29. The Morgan fingerprint density at radius 2 is 2.26 bits per heavy atom. The van der Waals surface area contributed by atoms with E-state index in [0.717, 1.165) is 23.7 Å². The number of halogens is 1. The van der Waals surface area contributed by atoms with Crippen molar-refractivity contribution >= 4 is 31.5 Å². The van der Waals surface area contributed by atoms with Crippen molar-refractivity contribution in [3.8, 4) is 0 Å². The standard InChI is InChI=1S/C8H9ClN4O5S/c9-19(17,18)6-3-12(11-8(6)13(15)16)4-7(14)10-5-1-2-5/h3,5H,1-2,4H2,(H,10,14). The fourth-order valence-electron chi connectivity index (χ4n) is 1.42. The number of hydrogen-bond acceptors (Lipinski definition) is 6. The van der Waals surface area contributed by atoms with Crippen LogP contribution in [0.5, 0.6) is 0 Å². The number of aromatic nitrogens is 2. The molecule has 0 spiro atoms. The highest BCUT2D eigenvalue weighted by molar-refractivity contribution is 8.13. The number of rotatable bonds is 5. The molecule has 1 N–H and O–H groups in total. The molecule has 0 aromatic carbocycles. The van der Waals surface area contributed by atoms with E-state index in [2.05, 4.69) is 10.4 Å². The van der Waals surface area contributed by atoms with E-state index in [-0.39, 0.29) is 12.6 Å². The number of carbonyl (C=O) groups is 1. The van der Waals surface area contributed by atoms with E-state index in [1.807, 2.05) is 0 Å². The maximum atomic E-state index is 11.5. The van der Waals surface area contributed by atoms with Gasteiger partial charge in [0, 0.05) is 16.7 Å². The van der Waals surface area contributed by atoms with Crippen LogP contribution in [0.2, 0.25) is 0 Å². The van der Waals surface area contributed by atoms with Crippen LogP contribution in [0.1, 0.15) is 12.8 Å². The van der Waals surface area contributed by atoms with Crippen LogP contribution in [0, 0.1) is 10.1 Å². The molecule has 1 fully saturated rings. The quantitative estimate of drug-likeness (QED) is 0.463. The molecule has 1 heterocycles. The largest absolute Gasteiger partial charge is 0.410 e. The molecule has 0 atom stereocenters. The van der Waals surface area contributed by atoms with E-state index >= 15 is 0 Å². The molecule has 104 valence electrons. The van der Waals surface area contributed by atoms with Crippen molar-refractivity contribution < 1.29 is 18.1 Å². The van der Waals surface area contributed by atoms with Crippen molar-refractivity contribution in [2.75, 3.05) is 0 Å². The monoisotopic (exact) mass is 308 g/mol. The molecule has 0 radical (unpaired) electrons. The molecule has 9 nitrogen and oxygen atoms in total. The Morgan fingerprint density at radius 3 is 2.68 bits per heavy atom. The summed E-state index contributed by atoms with van der Waals surface area (Å²) >= 11 is 0. The van der Waals surface area contributed by atoms with Crippen molar-refractivity contribution in [3.63, 3.8) is 0 Å². The van der Waals surface area contributed by atoms with Gasteiger partial charge >= 0.3 is 5.82 Å². The summed E-state index contributed by atoms with van der Waals surface area (Å²) in [5.74, 6) is -1.28. The third-order valence-corrected chi connectivity index (χ3v) is 3.71. The summed E-state index contributed by atoms with van der Waals surface area (Å²) in [7, 11) is 0.777. The van der Waals surface area contributed by atoms with E-state index in [0.29, 0.717) is 0 Å². The lowest BCUT2D eigenvalue weighted by atomic mass is 10.5. The second kappa shape index (κ2) is 4.78. The summed E-state index contributed by atoms with van der Waals surface area (Å²) in [6, 6.07) is 0.134. The van der Waals surface area contributed by atoms with Crippen LogP contribution in [0.25, 0.3) is 0 Å². The van der Waals surface area contributed by atoms with Gasteiger partial charge in [-0.2, -0.15) is 4.68 Å². The Kier molecular flexibility index (Phi) is 3.45. The van der Waals surface area contributed by atoms with Gasteiger partial charge in [-0.3, -0.25) is 4.79 Å². The van der Waals surface area contributed by atoms with E-state index in [1.165, 1.54) is 0 Å². The van der Waals surface area contributed by atoms with Gasteiger partial charge in [0.15, 0.2) is 0 Å². The zero-order valence-electron chi connectivity index (χ0n) is 9.45. The summed E-state index contributed by atoms with van der Waals surface area (Å²) < 4.78 is 23.2. The molecular weight excluding hydrogens is 300 g/mol. The van der Waals surface area contributed by atoms with E-state index in [1.54, 1.807) is 0 Å². The molecule has 1 aromatic heterocycles. The van der Waals surface area contributed by atoms with Crippen LogP contribution in [0.15, 0.2) is 11.1 Å². The molecule has 0 aliphatic heterocycles. The summed E-state index contributed by atoms with van der Waals surface area (Å²) in [5, 5.41) is 16.7. The molecule has 0 saturated heterocycles. The molecule has 1 saturated carbocycles. The topological polar surface area (TPSA) is 124 Å². The van der Waals surface area contributed by atoms with Gasteiger partial charge in [0.25, 0.3) is 9.05 Å². The third kappa shape index (κ3) is 3.41. The molecule has 0 unspecified atom stereocenters. The fraction of sp³-hybridized carbons (Fsp3) is 0.500. The smallest absolute Gasteiger partial charge is 0.358 e. The third-order valence-electron chi connectivity index (χ3n) is 2.39. The van der Waals surface area contributed by atoms with Gasteiger partial charge in [-0.25, -0.2) is 8.42 Å². The average Bonchev–Trinajstić information content (AvgIpc) is 2.93. The Bertz CT molecular complexity index is 636. The van der Waals surface area contributed by atoms with Crippen molar-refractivity contribution in [2.24, 2.45) is 0 Å². The molecule has 1 aliphatic carbocycles. The normalized spacial score (nSPS) is 15.2. The Morgan fingerprint density at radius 1 is 1.63 bits per heavy atom. The van der Waals surface area contributed by atoms with Gasteiger partial charge in [-0.05, 0) is 17.8 Å². The molecular formula is C8H9ClN4O5S. The first-order chi connectivity index (χ1) is 8.77. The van der Waals surface area contributed by atoms with Crippen LogP contribution in [0.4, 0.5) is 5.82 Å². The highest BCUT2D eigenvalue weighted by Gasteiger charge is 2.31. The van der Waals surface area contributed by atoms with Gasteiger partial charge in [0.2, 0.25) is 10.8 Å². The van der Waals surface area contributed by atoms with Crippen LogP contribution < -0.4 is 5.32 Å². The number of carbonyl (C=O) groups excluding carboxylic acids is 1. The first-order valence-electron chi connectivity index (χ1n) is 5.23. The van der Waals surface area contributed by atoms with E-state index in [9.17, 15) is 23.3 Å². The van der Waals surface area contributed by atoms with E-state index < -0.39 is 30.6 Å². The van der Waals surface area contributed by atoms with E-state index in [4.69, 9.17) is 10.7 Å². The SMILES string of the molecule is O=C(Cn1cc(S(=O)(=O)Cl)c([N+](=O)[O-])n1)NC1CC1. The van der Waals surface area contributed by atoms with Crippen LogP contribution in [0.3, 0.4) is 0 Å². The molecule has 19 heavy (non-hydrogen) atoms. The highest BCUT2D eigenvalue weighted by Crippen LogP contribution is 2.25. The second-order valence-electron chi connectivity index (χ2n) is 4.05.